The molecule has 0 aliphatic carbocycles. The summed E-state index contributed by atoms with van der Waals surface area (Å²) in [5.41, 5.74) is 0.707. The smallest absolute Gasteiger partial charge is 0.336 e. The molecule has 15 nitrogen and oxygen atoms in total. The number of nitrogens with zero attached hydrogens (tertiary/aromatic N) is 2. The van der Waals surface area contributed by atoms with E-state index in [-0.39, 0.29) is 63.0 Å². The Morgan fingerprint density at radius 3 is 2.22 bits per heavy atom. The number of aliphatic hydroxyl groups is 1. The van der Waals surface area contributed by atoms with Crippen molar-refractivity contribution in [3.63, 3.8) is 0 Å². The molecule has 2 unspecified atom stereocenters. The molecule has 2 aromatic carbocycles. The van der Waals surface area contributed by atoms with Gasteiger partial charge in [0.1, 0.15) is 25.9 Å². The molecule has 15 heteroatoms. The fraction of sp³-hybridized carbons (Fsp3) is 0.500. The van der Waals surface area contributed by atoms with E-state index in [1.54, 1.807) is 32.2 Å². The second-order valence-corrected chi connectivity index (χ2v) is 12.7. The lowest BCUT2D eigenvalue weighted by atomic mass is 9.80. The maximum Gasteiger partial charge on any atom is 0.336 e. The Balaban J connectivity index is 1.89. The molecule has 0 saturated heterocycles. The van der Waals surface area contributed by atoms with E-state index in [2.05, 4.69) is 10.6 Å². The first-order valence-electron chi connectivity index (χ1n) is 16.5. The van der Waals surface area contributed by atoms with E-state index in [1.165, 1.54) is 32.4 Å². The van der Waals surface area contributed by atoms with Crippen LogP contribution in [0.5, 0.6) is 11.5 Å². The summed E-state index contributed by atoms with van der Waals surface area (Å²) in [4.78, 5) is 40.6. The number of carbonyl (C=O) groups excluding carboxylic acids is 2. The van der Waals surface area contributed by atoms with Crippen molar-refractivity contribution in [3.05, 3.63) is 86.7 Å². The number of hydrogen-bond acceptors (Lipinski definition) is 14. The van der Waals surface area contributed by atoms with Gasteiger partial charge in [0.25, 0.3) is 5.69 Å². The third-order valence-electron chi connectivity index (χ3n) is 7.95. The first-order valence-corrected chi connectivity index (χ1v) is 16.5. The Morgan fingerprint density at radius 2 is 1.61 bits per heavy atom. The number of dihydropyridines is 1. The molecule has 280 valence electrons. The van der Waals surface area contributed by atoms with Crippen LogP contribution in [0.15, 0.2) is 71.1 Å². The molecule has 0 fully saturated rings. The van der Waals surface area contributed by atoms with E-state index < -0.39 is 34.4 Å². The summed E-state index contributed by atoms with van der Waals surface area (Å²) in [5, 5.41) is 29.0. The summed E-state index contributed by atoms with van der Waals surface area (Å²) in [6.07, 6.45) is -0.818. The molecule has 3 N–H and O–H groups in total. The van der Waals surface area contributed by atoms with Crippen LogP contribution in [-0.4, -0.2) is 120 Å². The number of allylic oxidation sites excluding steroid dienone is 1. The van der Waals surface area contributed by atoms with Gasteiger partial charge in [-0.25, -0.2) is 9.59 Å². The lowest BCUT2D eigenvalue weighted by Gasteiger charge is -2.36. The Kier molecular flexibility index (Phi) is 15.8. The number of β-amino-alcohol motifs (C(OH)–C–C–N with tert-alkyl or cyclic N) is 1. The maximum absolute atomic E-state index is 13.9. The minimum atomic E-state index is -1.05. The molecule has 2 atom stereocenters. The number of methoxy groups -OCH3 is 3. The van der Waals surface area contributed by atoms with Crippen LogP contribution in [0.1, 0.15) is 32.3 Å². The van der Waals surface area contributed by atoms with Crippen molar-refractivity contribution < 1.29 is 48.0 Å². The number of likely N-dealkylation sites (N-methyl/N-ethyl adjacent to an activating group) is 1. The van der Waals surface area contributed by atoms with E-state index in [1.807, 2.05) is 37.9 Å². The van der Waals surface area contributed by atoms with Gasteiger partial charge in [-0.3, -0.25) is 15.0 Å². The molecule has 0 aromatic heterocycles. The van der Waals surface area contributed by atoms with Gasteiger partial charge in [0.15, 0.2) is 11.5 Å². The number of aliphatic hydroxyl groups excluding tert-OH is 1. The Bertz CT molecular complexity index is 1560. The molecule has 0 amide bonds. The minimum Gasteiger partial charge on any atom is -0.493 e. The number of nitrogens with one attached hydrogen (secondary N) is 2. The predicted octanol–water partition coefficient (Wildman–Crippen LogP) is 2.94. The number of esters is 2. The molecule has 1 aliphatic rings. The van der Waals surface area contributed by atoms with Gasteiger partial charge >= 0.3 is 11.9 Å². The van der Waals surface area contributed by atoms with E-state index in [0.29, 0.717) is 35.0 Å². The molecule has 0 bridgehead atoms. The average Bonchev–Trinajstić information content (AvgIpc) is 3.09. The van der Waals surface area contributed by atoms with Gasteiger partial charge in [0, 0.05) is 62.9 Å². The number of rotatable bonds is 21. The maximum atomic E-state index is 13.9. The molecule has 0 spiro atoms. The van der Waals surface area contributed by atoms with Gasteiger partial charge in [-0.2, -0.15) is 0 Å². The van der Waals surface area contributed by atoms with Crippen molar-refractivity contribution in [2.75, 3.05) is 81.0 Å². The number of benzene rings is 2. The van der Waals surface area contributed by atoms with Crippen molar-refractivity contribution in [1.82, 2.24) is 15.5 Å². The van der Waals surface area contributed by atoms with Crippen LogP contribution in [0, 0.1) is 10.1 Å². The van der Waals surface area contributed by atoms with Crippen LogP contribution in [0.2, 0.25) is 0 Å². The third-order valence-corrected chi connectivity index (χ3v) is 7.95. The summed E-state index contributed by atoms with van der Waals surface area (Å²) in [6, 6.07) is 13.0. The number of ether oxygens (including phenoxy) is 6. The molecule has 1 heterocycles. The molecular formula is C36H50N4O11. The zero-order chi connectivity index (χ0) is 37.6. The van der Waals surface area contributed by atoms with E-state index >= 15 is 0 Å². The van der Waals surface area contributed by atoms with Crippen LogP contribution in [-0.2, 0) is 28.5 Å². The highest BCUT2D eigenvalue weighted by molar-refractivity contribution is 6.00. The lowest BCUT2D eigenvalue weighted by molar-refractivity contribution is -0.384. The summed E-state index contributed by atoms with van der Waals surface area (Å²) in [5.74, 6) is -1.38. The van der Waals surface area contributed by atoms with Crippen LogP contribution < -0.4 is 20.1 Å². The monoisotopic (exact) mass is 714 g/mol. The molecule has 3 rings (SSSR count). The van der Waals surface area contributed by atoms with Gasteiger partial charge in [0.2, 0.25) is 0 Å². The highest BCUT2D eigenvalue weighted by Gasteiger charge is 2.40. The highest BCUT2D eigenvalue weighted by Crippen LogP contribution is 2.40. The molecule has 2 aromatic rings. The number of nitro benzene ring substituents is 1. The number of carbonyl (C=O) groups is 2. The summed E-state index contributed by atoms with van der Waals surface area (Å²) in [6.45, 7) is 6.78. The highest BCUT2D eigenvalue weighted by atomic mass is 16.6. The van der Waals surface area contributed by atoms with Crippen LogP contribution >= 0.6 is 0 Å². The van der Waals surface area contributed by atoms with Gasteiger partial charge in [-0.1, -0.05) is 24.3 Å². The molecule has 51 heavy (non-hydrogen) atoms. The van der Waals surface area contributed by atoms with E-state index in [0.717, 1.165) is 0 Å². The normalized spacial score (nSPS) is 15.4. The van der Waals surface area contributed by atoms with Gasteiger partial charge in [-0.05, 0) is 45.5 Å². The third kappa shape index (κ3) is 12.0. The number of nitro groups is 1. The minimum absolute atomic E-state index is 0.0376. The van der Waals surface area contributed by atoms with Crippen molar-refractivity contribution in [2.24, 2.45) is 0 Å². The van der Waals surface area contributed by atoms with E-state index in [9.17, 15) is 24.8 Å². The van der Waals surface area contributed by atoms with Gasteiger partial charge < -0.3 is 44.2 Å². The SMILES string of the molecule is COCCOC(=O)C1=C(C)NC(CN(C)CC(C)(C)NCC(O)COc2ccccc2OC)=C(C(=O)OCCOC)C1c1cccc([N+](=O)[O-])c1. The first kappa shape index (κ1) is 40.9. The molecule has 0 saturated carbocycles. The Hall–Kier alpha value is -4.54. The van der Waals surface area contributed by atoms with Gasteiger partial charge in [0.05, 0.1) is 42.3 Å². The van der Waals surface area contributed by atoms with E-state index in [4.69, 9.17) is 28.4 Å². The second kappa shape index (κ2) is 19.7. The first-order chi connectivity index (χ1) is 24.3. The molecule has 1 aliphatic heterocycles. The number of hydrogen-bond donors (Lipinski definition) is 3. The van der Waals surface area contributed by atoms with Crippen LogP contribution in [0.3, 0.4) is 0 Å². The van der Waals surface area contributed by atoms with Crippen LogP contribution in [0.4, 0.5) is 5.69 Å². The number of para-hydroxylation sites is 2. The summed E-state index contributed by atoms with van der Waals surface area (Å²) in [7, 11) is 6.37. The standard InChI is InChI=1S/C36H50N4O11/c1-24-31(34(42)49-17-15-46-5)32(25-11-10-12-26(19-25)40(44)45)33(35(43)50-18-16-47-6)28(38-24)21-39(4)23-36(2,3)37-20-27(41)22-51-30-14-9-8-13-29(30)48-7/h8-14,19,27,32,37-38,41H,15-18,20-23H2,1-7H3. The largest absolute Gasteiger partial charge is 0.493 e. The second-order valence-electron chi connectivity index (χ2n) is 12.7. The summed E-state index contributed by atoms with van der Waals surface area (Å²) >= 11 is 0. The quantitative estimate of drug-likeness (QED) is 0.0744. The molecule has 0 radical (unpaired) electrons. The van der Waals surface area contributed by atoms with Gasteiger partial charge in [-0.15, -0.1) is 0 Å². The topological polar surface area (TPSA) is 180 Å². The zero-order valence-corrected chi connectivity index (χ0v) is 30.4. The lowest BCUT2D eigenvalue weighted by Crippen LogP contribution is -2.52. The fourth-order valence-electron chi connectivity index (χ4n) is 5.71. The fourth-order valence-corrected chi connectivity index (χ4v) is 5.71. The van der Waals surface area contributed by atoms with Crippen LogP contribution in [0.25, 0.3) is 0 Å². The number of non-ortho nitro benzene ring substituents is 1. The molecular weight excluding hydrogens is 664 g/mol. The summed E-state index contributed by atoms with van der Waals surface area (Å²) < 4.78 is 32.3. The van der Waals surface area contributed by atoms with Crippen molar-refractivity contribution in [3.8, 4) is 11.5 Å². The Morgan fingerprint density at radius 1 is 0.980 bits per heavy atom. The zero-order valence-electron chi connectivity index (χ0n) is 30.4. The van der Waals surface area contributed by atoms with Crippen molar-refractivity contribution in [2.45, 2.75) is 38.3 Å². The Labute approximate surface area is 298 Å². The van der Waals surface area contributed by atoms with Crippen molar-refractivity contribution >= 4 is 17.6 Å². The average molecular weight is 715 g/mol. The predicted molar refractivity (Wildman–Crippen MR) is 188 cm³/mol. The van der Waals surface area contributed by atoms with Crippen molar-refractivity contribution in [1.29, 1.82) is 0 Å².